The van der Waals surface area contributed by atoms with Crippen LogP contribution in [0.25, 0.3) is 0 Å². The fraction of sp³-hybridized carbons (Fsp3) is 0.429. The van der Waals surface area contributed by atoms with Gasteiger partial charge in [-0.3, -0.25) is 9.59 Å². The minimum Gasteiger partial charge on any atom is -0.481 e. The Kier molecular flexibility index (Phi) is 3.83. The van der Waals surface area contributed by atoms with Gasteiger partial charge in [0.1, 0.15) is 5.82 Å². The highest BCUT2D eigenvalue weighted by Crippen LogP contribution is 2.26. The second-order valence-corrected chi connectivity index (χ2v) is 5.00. The number of benzene rings is 1. The average Bonchev–Trinajstić information content (AvgIpc) is 2.77. The number of aliphatic carboxylic acids is 1. The third kappa shape index (κ3) is 3.10. The molecular weight excluding hydrogens is 249 g/mol. The maximum Gasteiger partial charge on any atom is 0.306 e. The molecule has 1 amide bonds. The van der Waals surface area contributed by atoms with Crippen molar-refractivity contribution in [3.05, 3.63) is 35.1 Å². The fourth-order valence-corrected chi connectivity index (χ4v) is 2.40. The number of carbonyl (C=O) groups is 2. The quantitative estimate of drug-likeness (QED) is 0.879. The van der Waals surface area contributed by atoms with Crippen LogP contribution in [0.4, 0.5) is 4.39 Å². The van der Waals surface area contributed by atoms with Gasteiger partial charge in [-0.25, -0.2) is 4.39 Å². The van der Waals surface area contributed by atoms with Crippen molar-refractivity contribution in [3.63, 3.8) is 0 Å². The highest BCUT2D eigenvalue weighted by molar-refractivity contribution is 5.94. The predicted molar refractivity (Wildman–Crippen MR) is 67.4 cm³/mol. The third-order valence-corrected chi connectivity index (χ3v) is 3.49. The van der Waals surface area contributed by atoms with E-state index < -0.39 is 23.6 Å². The molecule has 0 heterocycles. The molecule has 1 aromatic rings. The zero-order chi connectivity index (χ0) is 14.0. The number of carboxylic acid groups (broad SMARTS) is 1. The standard InChI is InChI=1S/C14H16FNO3/c1-8-2-5-11(12(15)6-8)13(17)16-10-4-3-9(7-10)14(18)19/h2,5-6,9-10H,3-4,7H2,1H3,(H,16,17)(H,18,19). The lowest BCUT2D eigenvalue weighted by atomic mass is 10.1. The first-order chi connectivity index (χ1) is 8.97. The summed E-state index contributed by atoms with van der Waals surface area (Å²) in [5.74, 6) is -2.27. The van der Waals surface area contributed by atoms with Gasteiger partial charge in [0, 0.05) is 6.04 Å². The monoisotopic (exact) mass is 265 g/mol. The zero-order valence-corrected chi connectivity index (χ0v) is 10.6. The van der Waals surface area contributed by atoms with Crippen molar-refractivity contribution in [2.24, 2.45) is 5.92 Å². The number of aryl methyl sites for hydroxylation is 1. The van der Waals surface area contributed by atoms with Crippen molar-refractivity contribution >= 4 is 11.9 Å². The normalized spacial score (nSPS) is 22.2. The van der Waals surface area contributed by atoms with Crippen LogP contribution in [0.2, 0.25) is 0 Å². The number of hydrogen-bond donors (Lipinski definition) is 2. The summed E-state index contributed by atoms with van der Waals surface area (Å²) in [5, 5.41) is 11.6. The van der Waals surface area contributed by atoms with Crippen LogP contribution in [-0.4, -0.2) is 23.0 Å². The van der Waals surface area contributed by atoms with Gasteiger partial charge in [-0.05, 0) is 43.9 Å². The Morgan fingerprint density at radius 2 is 2.11 bits per heavy atom. The molecule has 2 rings (SSSR count). The number of carbonyl (C=O) groups excluding carboxylic acids is 1. The van der Waals surface area contributed by atoms with Crippen molar-refractivity contribution in [3.8, 4) is 0 Å². The van der Waals surface area contributed by atoms with Crippen molar-refractivity contribution in [1.29, 1.82) is 0 Å². The van der Waals surface area contributed by atoms with E-state index >= 15 is 0 Å². The Bertz CT molecular complexity index is 515. The molecule has 4 nitrogen and oxygen atoms in total. The van der Waals surface area contributed by atoms with Crippen LogP contribution in [0.15, 0.2) is 18.2 Å². The molecule has 5 heteroatoms. The van der Waals surface area contributed by atoms with Gasteiger partial charge >= 0.3 is 5.97 Å². The van der Waals surface area contributed by atoms with E-state index in [1.165, 1.54) is 12.1 Å². The summed E-state index contributed by atoms with van der Waals surface area (Å²) < 4.78 is 13.6. The molecule has 0 aliphatic heterocycles. The smallest absolute Gasteiger partial charge is 0.306 e. The fourth-order valence-electron chi connectivity index (χ4n) is 2.40. The molecule has 2 atom stereocenters. The molecule has 1 fully saturated rings. The molecule has 102 valence electrons. The van der Waals surface area contributed by atoms with E-state index in [0.29, 0.717) is 19.3 Å². The summed E-state index contributed by atoms with van der Waals surface area (Å²) >= 11 is 0. The Morgan fingerprint density at radius 3 is 2.68 bits per heavy atom. The average molecular weight is 265 g/mol. The van der Waals surface area contributed by atoms with E-state index in [4.69, 9.17) is 5.11 Å². The molecule has 0 spiro atoms. The predicted octanol–water partition coefficient (Wildman–Crippen LogP) is 2.12. The van der Waals surface area contributed by atoms with Crippen LogP contribution in [0.1, 0.15) is 35.2 Å². The van der Waals surface area contributed by atoms with E-state index in [0.717, 1.165) is 5.56 Å². The molecular formula is C14H16FNO3. The van der Waals surface area contributed by atoms with E-state index in [1.54, 1.807) is 13.0 Å². The third-order valence-electron chi connectivity index (χ3n) is 3.49. The van der Waals surface area contributed by atoms with Crippen LogP contribution >= 0.6 is 0 Å². The Hall–Kier alpha value is -1.91. The van der Waals surface area contributed by atoms with Crippen molar-refractivity contribution < 1.29 is 19.1 Å². The summed E-state index contributed by atoms with van der Waals surface area (Å²) in [4.78, 5) is 22.7. The van der Waals surface area contributed by atoms with E-state index in [9.17, 15) is 14.0 Å². The van der Waals surface area contributed by atoms with Crippen LogP contribution in [-0.2, 0) is 4.79 Å². The molecule has 19 heavy (non-hydrogen) atoms. The van der Waals surface area contributed by atoms with Gasteiger partial charge in [0.25, 0.3) is 5.91 Å². The van der Waals surface area contributed by atoms with Gasteiger partial charge in [-0.2, -0.15) is 0 Å². The van der Waals surface area contributed by atoms with Crippen LogP contribution in [0.3, 0.4) is 0 Å². The molecule has 0 radical (unpaired) electrons. The van der Waals surface area contributed by atoms with Crippen LogP contribution < -0.4 is 5.32 Å². The maximum absolute atomic E-state index is 13.6. The summed E-state index contributed by atoms with van der Waals surface area (Å²) in [5.41, 5.74) is 0.755. The number of rotatable bonds is 3. The summed E-state index contributed by atoms with van der Waals surface area (Å²) in [6.07, 6.45) is 1.58. The van der Waals surface area contributed by atoms with E-state index in [2.05, 4.69) is 5.32 Å². The van der Waals surface area contributed by atoms with Gasteiger partial charge < -0.3 is 10.4 Å². The van der Waals surface area contributed by atoms with Gasteiger partial charge in [0.05, 0.1) is 11.5 Å². The molecule has 2 unspecified atom stereocenters. The second kappa shape index (κ2) is 5.38. The molecule has 0 saturated heterocycles. The molecule has 1 aliphatic carbocycles. The maximum atomic E-state index is 13.6. The molecule has 1 saturated carbocycles. The number of nitrogens with one attached hydrogen (secondary N) is 1. The highest BCUT2D eigenvalue weighted by Gasteiger charge is 2.30. The van der Waals surface area contributed by atoms with Gasteiger partial charge in [-0.1, -0.05) is 6.07 Å². The topological polar surface area (TPSA) is 66.4 Å². The first kappa shape index (κ1) is 13.5. The van der Waals surface area contributed by atoms with E-state index in [-0.39, 0.29) is 11.6 Å². The molecule has 1 aromatic carbocycles. The molecule has 1 aliphatic rings. The summed E-state index contributed by atoms with van der Waals surface area (Å²) in [6, 6.07) is 4.24. The summed E-state index contributed by atoms with van der Waals surface area (Å²) in [6.45, 7) is 1.75. The van der Waals surface area contributed by atoms with Gasteiger partial charge in [-0.15, -0.1) is 0 Å². The molecule has 0 aromatic heterocycles. The number of halogens is 1. The SMILES string of the molecule is Cc1ccc(C(=O)NC2CCC(C(=O)O)C2)c(F)c1. The van der Waals surface area contributed by atoms with E-state index in [1.807, 2.05) is 0 Å². The zero-order valence-electron chi connectivity index (χ0n) is 10.6. The highest BCUT2D eigenvalue weighted by atomic mass is 19.1. The number of carboxylic acids is 1. The lowest BCUT2D eigenvalue weighted by Crippen LogP contribution is -2.33. The lowest BCUT2D eigenvalue weighted by Gasteiger charge is -2.13. The van der Waals surface area contributed by atoms with Crippen molar-refractivity contribution in [2.75, 3.05) is 0 Å². The van der Waals surface area contributed by atoms with Crippen LogP contribution in [0.5, 0.6) is 0 Å². The van der Waals surface area contributed by atoms with Gasteiger partial charge in [0.15, 0.2) is 0 Å². The number of amides is 1. The molecule has 0 bridgehead atoms. The molecule has 2 N–H and O–H groups in total. The van der Waals surface area contributed by atoms with Crippen molar-refractivity contribution in [2.45, 2.75) is 32.2 Å². The largest absolute Gasteiger partial charge is 0.481 e. The minimum atomic E-state index is -0.835. The lowest BCUT2D eigenvalue weighted by molar-refractivity contribution is -0.141. The van der Waals surface area contributed by atoms with Crippen LogP contribution in [0, 0.1) is 18.7 Å². The summed E-state index contributed by atoms with van der Waals surface area (Å²) in [7, 11) is 0. The second-order valence-electron chi connectivity index (χ2n) is 5.00. The first-order valence-electron chi connectivity index (χ1n) is 6.27. The van der Waals surface area contributed by atoms with Crippen molar-refractivity contribution in [1.82, 2.24) is 5.32 Å². The first-order valence-corrected chi connectivity index (χ1v) is 6.27. The Balaban J connectivity index is 2.00. The number of hydrogen-bond acceptors (Lipinski definition) is 2. The Morgan fingerprint density at radius 1 is 1.37 bits per heavy atom. The Labute approximate surface area is 110 Å². The van der Waals surface area contributed by atoms with Gasteiger partial charge in [0.2, 0.25) is 0 Å². The minimum absolute atomic E-state index is 0.00405.